The zero-order valence-electron chi connectivity index (χ0n) is 7.66. The van der Waals surface area contributed by atoms with Crippen molar-refractivity contribution in [3.05, 3.63) is 0 Å². The van der Waals surface area contributed by atoms with Crippen LogP contribution in [-0.2, 0) is 4.79 Å². The molecule has 1 heterocycles. The predicted octanol–water partition coefficient (Wildman–Crippen LogP) is -0.859. The van der Waals surface area contributed by atoms with Gasteiger partial charge in [0, 0.05) is 13.1 Å². The fourth-order valence-corrected chi connectivity index (χ4v) is 1.34. The zero-order chi connectivity index (χ0) is 9.14. The summed E-state index contributed by atoms with van der Waals surface area (Å²) >= 11 is 0. The van der Waals surface area contributed by atoms with E-state index in [1.807, 2.05) is 19.0 Å². The highest BCUT2D eigenvalue weighted by atomic mass is 16.3. The SMILES string of the molecule is CN(C)CC(=O)N1CC[C@H](O)C1. The maximum Gasteiger partial charge on any atom is 0.236 e. The van der Waals surface area contributed by atoms with Gasteiger partial charge in [-0.2, -0.15) is 0 Å². The van der Waals surface area contributed by atoms with Gasteiger partial charge in [-0.25, -0.2) is 0 Å². The lowest BCUT2D eigenvalue weighted by molar-refractivity contribution is -0.131. The van der Waals surface area contributed by atoms with E-state index in [2.05, 4.69) is 0 Å². The van der Waals surface area contributed by atoms with Gasteiger partial charge in [0.2, 0.25) is 5.91 Å². The van der Waals surface area contributed by atoms with Crippen molar-refractivity contribution >= 4 is 5.91 Å². The maximum absolute atomic E-state index is 11.4. The van der Waals surface area contributed by atoms with Crippen molar-refractivity contribution < 1.29 is 9.90 Å². The number of likely N-dealkylation sites (tertiary alicyclic amines) is 1. The standard InChI is InChI=1S/C8H16N2O2/c1-9(2)6-8(12)10-4-3-7(11)5-10/h7,11H,3-6H2,1-2H3/t7-/m0/s1. The topological polar surface area (TPSA) is 43.8 Å². The molecule has 0 aromatic heterocycles. The Bertz CT molecular complexity index is 170. The molecule has 0 saturated carbocycles. The van der Waals surface area contributed by atoms with Crippen LogP contribution in [0.25, 0.3) is 0 Å². The normalized spacial score (nSPS) is 23.7. The number of aliphatic hydroxyl groups excluding tert-OH is 1. The van der Waals surface area contributed by atoms with E-state index in [9.17, 15) is 9.90 Å². The molecule has 1 aliphatic heterocycles. The molecule has 0 bridgehead atoms. The molecule has 1 rings (SSSR count). The fraction of sp³-hybridized carbons (Fsp3) is 0.875. The van der Waals surface area contributed by atoms with Crippen LogP contribution in [-0.4, -0.2) is 60.6 Å². The molecular weight excluding hydrogens is 156 g/mol. The molecule has 1 N–H and O–H groups in total. The Balaban J connectivity index is 2.33. The first-order valence-electron chi connectivity index (χ1n) is 4.20. The van der Waals surface area contributed by atoms with E-state index >= 15 is 0 Å². The van der Waals surface area contributed by atoms with Crippen molar-refractivity contribution in [1.29, 1.82) is 0 Å². The third-order valence-electron chi connectivity index (χ3n) is 1.97. The summed E-state index contributed by atoms with van der Waals surface area (Å²) in [6.45, 7) is 1.65. The summed E-state index contributed by atoms with van der Waals surface area (Å²) in [5, 5.41) is 9.18. The Morgan fingerprint density at radius 1 is 1.67 bits per heavy atom. The molecule has 1 atom stereocenters. The van der Waals surface area contributed by atoms with Crippen molar-refractivity contribution in [3.63, 3.8) is 0 Å². The molecule has 1 amide bonds. The number of β-amino-alcohol motifs (C(OH)–C–C–N with tert-alkyl or cyclic N) is 1. The van der Waals surface area contributed by atoms with E-state index in [1.54, 1.807) is 4.90 Å². The Kier molecular flexibility index (Phi) is 3.05. The Labute approximate surface area is 72.8 Å². The molecule has 1 aliphatic rings. The highest BCUT2D eigenvalue weighted by Crippen LogP contribution is 2.08. The lowest BCUT2D eigenvalue weighted by atomic mass is 10.3. The van der Waals surface area contributed by atoms with Crippen LogP contribution in [0.5, 0.6) is 0 Å². The van der Waals surface area contributed by atoms with E-state index in [-0.39, 0.29) is 12.0 Å². The van der Waals surface area contributed by atoms with Gasteiger partial charge in [0.05, 0.1) is 12.6 Å². The average Bonchev–Trinajstić information content (AvgIpc) is 2.34. The third kappa shape index (κ3) is 2.46. The van der Waals surface area contributed by atoms with Gasteiger partial charge in [-0.15, -0.1) is 0 Å². The zero-order valence-corrected chi connectivity index (χ0v) is 7.66. The van der Waals surface area contributed by atoms with E-state index in [4.69, 9.17) is 0 Å². The second kappa shape index (κ2) is 3.87. The van der Waals surface area contributed by atoms with Gasteiger partial charge in [0.25, 0.3) is 0 Å². The monoisotopic (exact) mass is 172 g/mol. The Morgan fingerprint density at radius 2 is 2.33 bits per heavy atom. The molecule has 0 radical (unpaired) electrons. The largest absolute Gasteiger partial charge is 0.391 e. The quantitative estimate of drug-likeness (QED) is 0.589. The van der Waals surface area contributed by atoms with Crippen molar-refractivity contribution in [3.8, 4) is 0 Å². The summed E-state index contributed by atoms with van der Waals surface area (Å²) in [5.74, 6) is 0.108. The summed E-state index contributed by atoms with van der Waals surface area (Å²) in [7, 11) is 3.73. The number of rotatable bonds is 2. The first-order valence-corrected chi connectivity index (χ1v) is 4.20. The lowest BCUT2D eigenvalue weighted by Gasteiger charge is -2.17. The first-order chi connectivity index (χ1) is 5.59. The van der Waals surface area contributed by atoms with Crippen LogP contribution in [0.1, 0.15) is 6.42 Å². The number of nitrogens with zero attached hydrogens (tertiary/aromatic N) is 2. The number of amides is 1. The molecule has 12 heavy (non-hydrogen) atoms. The van der Waals surface area contributed by atoms with E-state index in [0.717, 1.165) is 6.42 Å². The number of hydrogen-bond donors (Lipinski definition) is 1. The van der Waals surface area contributed by atoms with Crippen molar-refractivity contribution in [1.82, 2.24) is 9.80 Å². The molecule has 1 saturated heterocycles. The highest BCUT2D eigenvalue weighted by Gasteiger charge is 2.24. The van der Waals surface area contributed by atoms with Gasteiger partial charge in [-0.05, 0) is 20.5 Å². The van der Waals surface area contributed by atoms with Gasteiger partial charge >= 0.3 is 0 Å². The molecule has 0 aromatic carbocycles. The number of aliphatic hydroxyl groups is 1. The molecule has 0 aromatic rings. The number of hydrogen-bond acceptors (Lipinski definition) is 3. The highest BCUT2D eigenvalue weighted by molar-refractivity contribution is 5.78. The minimum Gasteiger partial charge on any atom is -0.391 e. The average molecular weight is 172 g/mol. The molecule has 1 fully saturated rings. The van der Waals surface area contributed by atoms with Gasteiger partial charge in [0.15, 0.2) is 0 Å². The van der Waals surface area contributed by atoms with Crippen LogP contribution in [0.4, 0.5) is 0 Å². The fourth-order valence-electron chi connectivity index (χ4n) is 1.34. The van der Waals surface area contributed by atoms with Crippen LogP contribution in [0, 0.1) is 0 Å². The number of carbonyl (C=O) groups is 1. The van der Waals surface area contributed by atoms with E-state index in [1.165, 1.54) is 0 Å². The first kappa shape index (κ1) is 9.48. The van der Waals surface area contributed by atoms with Crippen LogP contribution >= 0.6 is 0 Å². The second-order valence-corrected chi connectivity index (χ2v) is 3.52. The number of likely N-dealkylation sites (N-methyl/N-ethyl adjacent to an activating group) is 1. The minimum atomic E-state index is -0.309. The van der Waals surface area contributed by atoms with Gasteiger partial charge in [-0.3, -0.25) is 4.79 Å². The molecule has 4 heteroatoms. The van der Waals surface area contributed by atoms with Gasteiger partial charge in [-0.1, -0.05) is 0 Å². The number of carbonyl (C=O) groups excluding carboxylic acids is 1. The van der Waals surface area contributed by atoms with Crippen LogP contribution in [0.2, 0.25) is 0 Å². The molecule has 0 spiro atoms. The minimum absolute atomic E-state index is 0.108. The van der Waals surface area contributed by atoms with Crippen LogP contribution in [0.3, 0.4) is 0 Å². The second-order valence-electron chi connectivity index (χ2n) is 3.52. The summed E-state index contributed by atoms with van der Waals surface area (Å²) in [4.78, 5) is 14.9. The lowest BCUT2D eigenvalue weighted by Crippen LogP contribution is -2.36. The van der Waals surface area contributed by atoms with E-state index in [0.29, 0.717) is 19.6 Å². The van der Waals surface area contributed by atoms with Gasteiger partial charge in [0.1, 0.15) is 0 Å². The summed E-state index contributed by atoms with van der Waals surface area (Å²) in [6.07, 6.45) is 0.412. The van der Waals surface area contributed by atoms with Crippen LogP contribution in [0.15, 0.2) is 0 Å². The third-order valence-corrected chi connectivity index (χ3v) is 1.97. The predicted molar refractivity (Wildman–Crippen MR) is 45.8 cm³/mol. The van der Waals surface area contributed by atoms with E-state index < -0.39 is 0 Å². The summed E-state index contributed by atoms with van der Waals surface area (Å²) < 4.78 is 0. The smallest absolute Gasteiger partial charge is 0.236 e. The summed E-state index contributed by atoms with van der Waals surface area (Å²) in [6, 6.07) is 0. The molecule has 0 unspecified atom stereocenters. The molecule has 70 valence electrons. The van der Waals surface area contributed by atoms with Crippen molar-refractivity contribution in [2.24, 2.45) is 0 Å². The Hall–Kier alpha value is -0.610. The summed E-state index contributed by atoms with van der Waals surface area (Å²) in [5.41, 5.74) is 0. The van der Waals surface area contributed by atoms with Crippen molar-refractivity contribution in [2.75, 3.05) is 33.7 Å². The molecular formula is C8H16N2O2. The molecule has 4 nitrogen and oxygen atoms in total. The maximum atomic E-state index is 11.4. The molecule has 0 aliphatic carbocycles. The Morgan fingerprint density at radius 3 is 2.75 bits per heavy atom. The van der Waals surface area contributed by atoms with Crippen LogP contribution < -0.4 is 0 Å². The van der Waals surface area contributed by atoms with Crippen molar-refractivity contribution in [2.45, 2.75) is 12.5 Å². The van der Waals surface area contributed by atoms with Gasteiger partial charge < -0.3 is 14.9 Å².